The Labute approximate surface area is 152 Å². The number of hydrogen-bond donors (Lipinski definition) is 0. The molecule has 2 aromatic rings. The molecule has 2 aliphatic rings. The first kappa shape index (κ1) is 17.4. The highest BCUT2D eigenvalue weighted by molar-refractivity contribution is 5.64. The van der Waals surface area contributed by atoms with Gasteiger partial charge in [-0.2, -0.15) is 0 Å². The summed E-state index contributed by atoms with van der Waals surface area (Å²) < 4.78 is 40.6. The van der Waals surface area contributed by atoms with Gasteiger partial charge in [-0.05, 0) is 78.2 Å². The van der Waals surface area contributed by atoms with Crippen LogP contribution in [0.1, 0.15) is 44.1 Å². The van der Waals surface area contributed by atoms with Crippen LogP contribution in [0.15, 0.2) is 48.5 Å². The van der Waals surface area contributed by atoms with E-state index in [0.29, 0.717) is 5.92 Å². The summed E-state index contributed by atoms with van der Waals surface area (Å²) >= 11 is 0. The standard InChI is InChI=1S/C22H23F3O/c1-14-20-12-8-18(9-13-21(14)20)16-4-2-15(3-5-16)17-6-10-19(11-7-17)26-22(23,24)25/h2-7,10-11,14,18,20-21H,8-9,12-13H2,1H3. The van der Waals surface area contributed by atoms with Crippen molar-refractivity contribution in [1.29, 1.82) is 0 Å². The fraction of sp³-hybridized carbons (Fsp3) is 0.455. The van der Waals surface area contributed by atoms with E-state index in [1.165, 1.54) is 43.4 Å². The van der Waals surface area contributed by atoms with Crippen LogP contribution in [-0.2, 0) is 0 Å². The van der Waals surface area contributed by atoms with Crippen LogP contribution in [0.5, 0.6) is 5.75 Å². The third-order valence-corrected chi connectivity index (χ3v) is 6.26. The molecule has 2 aliphatic carbocycles. The first-order chi connectivity index (χ1) is 12.4. The molecule has 4 rings (SSSR count). The second-order valence-electron chi connectivity index (χ2n) is 7.73. The molecule has 2 saturated carbocycles. The van der Waals surface area contributed by atoms with E-state index in [4.69, 9.17) is 0 Å². The zero-order valence-corrected chi connectivity index (χ0v) is 14.8. The monoisotopic (exact) mass is 360 g/mol. The van der Waals surface area contributed by atoms with Crippen molar-refractivity contribution >= 4 is 0 Å². The van der Waals surface area contributed by atoms with Crippen molar-refractivity contribution in [2.24, 2.45) is 17.8 Å². The van der Waals surface area contributed by atoms with Crippen LogP contribution in [0.2, 0.25) is 0 Å². The molecule has 2 fully saturated rings. The van der Waals surface area contributed by atoms with E-state index < -0.39 is 6.36 Å². The Bertz CT molecular complexity index is 734. The van der Waals surface area contributed by atoms with Gasteiger partial charge in [-0.1, -0.05) is 43.3 Å². The van der Waals surface area contributed by atoms with Gasteiger partial charge in [0.1, 0.15) is 5.75 Å². The van der Waals surface area contributed by atoms with E-state index in [9.17, 15) is 13.2 Å². The predicted molar refractivity (Wildman–Crippen MR) is 95.9 cm³/mol. The molecule has 0 bridgehead atoms. The van der Waals surface area contributed by atoms with Crippen LogP contribution in [0, 0.1) is 17.8 Å². The van der Waals surface area contributed by atoms with Gasteiger partial charge in [-0.3, -0.25) is 0 Å². The lowest BCUT2D eigenvalue weighted by atomic mass is 9.89. The Morgan fingerprint density at radius 3 is 1.77 bits per heavy atom. The topological polar surface area (TPSA) is 9.23 Å². The highest BCUT2D eigenvalue weighted by Crippen LogP contribution is 2.55. The zero-order chi connectivity index (χ0) is 18.3. The molecule has 4 heteroatoms. The van der Waals surface area contributed by atoms with Crippen LogP contribution in [0.4, 0.5) is 13.2 Å². The molecule has 0 aromatic heterocycles. The van der Waals surface area contributed by atoms with Crippen LogP contribution in [0.25, 0.3) is 11.1 Å². The van der Waals surface area contributed by atoms with E-state index in [1.54, 1.807) is 12.1 Å². The smallest absolute Gasteiger partial charge is 0.406 e. The maximum absolute atomic E-state index is 12.2. The van der Waals surface area contributed by atoms with Gasteiger partial charge >= 0.3 is 6.36 Å². The Hall–Kier alpha value is -1.97. The van der Waals surface area contributed by atoms with Crippen molar-refractivity contribution in [2.45, 2.75) is 44.9 Å². The van der Waals surface area contributed by atoms with Gasteiger partial charge in [0.05, 0.1) is 0 Å². The Balaban J connectivity index is 1.43. The number of ether oxygens (including phenoxy) is 1. The first-order valence-electron chi connectivity index (χ1n) is 9.37. The Kier molecular flexibility index (Phi) is 4.45. The molecule has 1 nitrogen and oxygen atoms in total. The average molecular weight is 360 g/mol. The number of rotatable bonds is 3. The van der Waals surface area contributed by atoms with Crippen LogP contribution in [-0.4, -0.2) is 6.36 Å². The van der Waals surface area contributed by atoms with Crippen LogP contribution >= 0.6 is 0 Å². The molecule has 0 aliphatic heterocycles. The fourth-order valence-corrected chi connectivity index (χ4v) is 4.65. The number of fused-ring (bicyclic) bond motifs is 1. The van der Waals surface area contributed by atoms with Crippen molar-refractivity contribution in [1.82, 2.24) is 0 Å². The highest BCUT2D eigenvalue weighted by Gasteiger charge is 2.47. The SMILES string of the molecule is CC1C2CCC(c3ccc(-c4ccc(OC(F)(F)F)cc4)cc3)CCC12. The van der Waals surface area contributed by atoms with E-state index in [0.717, 1.165) is 28.9 Å². The summed E-state index contributed by atoms with van der Waals surface area (Å²) in [5.74, 6) is 3.30. The number of halogens is 3. The minimum Gasteiger partial charge on any atom is -0.406 e. The molecule has 2 aromatic carbocycles. The molecule has 2 unspecified atom stereocenters. The van der Waals surface area contributed by atoms with E-state index in [2.05, 4.69) is 35.9 Å². The van der Waals surface area contributed by atoms with E-state index in [-0.39, 0.29) is 5.75 Å². The predicted octanol–water partition coefficient (Wildman–Crippen LogP) is 6.79. The third-order valence-electron chi connectivity index (χ3n) is 6.26. The lowest BCUT2D eigenvalue weighted by molar-refractivity contribution is -0.274. The number of alkyl halides is 3. The van der Waals surface area contributed by atoms with E-state index >= 15 is 0 Å². The normalized spacial score (nSPS) is 28.2. The van der Waals surface area contributed by atoms with Gasteiger partial charge in [-0.15, -0.1) is 13.2 Å². The zero-order valence-electron chi connectivity index (χ0n) is 14.8. The van der Waals surface area contributed by atoms with E-state index in [1.807, 2.05) is 0 Å². The second kappa shape index (κ2) is 6.64. The molecule has 0 amide bonds. The van der Waals surface area contributed by atoms with Crippen molar-refractivity contribution in [3.05, 3.63) is 54.1 Å². The summed E-state index contributed by atoms with van der Waals surface area (Å²) in [6, 6.07) is 14.5. The summed E-state index contributed by atoms with van der Waals surface area (Å²) in [4.78, 5) is 0. The molecule has 0 saturated heterocycles. The minimum absolute atomic E-state index is 0.191. The minimum atomic E-state index is -4.65. The van der Waals surface area contributed by atoms with Gasteiger partial charge in [0.25, 0.3) is 0 Å². The fourth-order valence-electron chi connectivity index (χ4n) is 4.65. The van der Waals surface area contributed by atoms with Gasteiger partial charge in [-0.25, -0.2) is 0 Å². The maximum Gasteiger partial charge on any atom is 0.573 e. The number of benzene rings is 2. The maximum atomic E-state index is 12.2. The van der Waals surface area contributed by atoms with Crippen molar-refractivity contribution < 1.29 is 17.9 Å². The summed E-state index contributed by atoms with van der Waals surface area (Å²) in [6.07, 6.45) is 0.584. The largest absolute Gasteiger partial charge is 0.573 e. The summed E-state index contributed by atoms with van der Waals surface area (Å²) in [5.41, 5.74) is 3.29. The summed E-state index contributed by atoms with van der Waals surface area (Å²) in [7, 11) is 0. The second-order valence-corrected chi connectivity index (χ2v) is 7.73. The molecule has 2 atom stereocenters. The van der Waals surface area contributed by atoms with Gasteiger partial charge in [0.15, 0.2) is 0 Å². The molecule has 0 radical (unpaired) electrons. The average Bonchev–Trinajstić information content (AvgIpc) is 3.29. The molecule has 0 heterocycles. The third kappa shape index (κ3) is 3.74. The summed E-state index contributed by atoms with van der Waals surface area (Å²) in [5, 5.41) is 0. The lowest BCUT2D eigenvalue weighted by Gasteiger charge is -2.16. The lowest BCUT2D eigenvalue weighted by Crippen LogP contribution is -2.16. The molecular weight excluding hydrogens is 337 g/mol. The van der Waals surface area contributed by atoms with Crippen LogP contribution in [0.3, 0.4) is 0 Å². The molecule has 0 spiro atoms. The van der Waals surface area contributed by atoms with Crippen molar-refractivity contribution in [3.63, 3.8) is 0 Å². The molecule has 26 heavy (non-hydrogen) atoms. The van der Waals surface area contributed by atoms with Gasteiger partial charge in [0.2, 0.25) is 0 Å². The summed E-state index contributed by atoms with van der Waals surface area (Å²) in [6.45, 7) is 2.38. The highest BCUT2D eigenvalue weighted by atomic mass is 19.4. The van der Waals surface area contributed by atoms with Gasteiger partial charge < -0.3 is 4.74 Å². The number of hydrogen-bond acceptors (Lipinski definition) is 1. The Morgan fingerprint density at radius 1 is 0.769 bits per heavy atom. The molecular formula is C22H23F3O. The Morgan fingerprint density at radius 2 is 1.27 bits per heavy atom. The first-order valence-corrected chi connectivity index (χ1v) is 9.37. The van der Waals surface area contributed by atoms with Crippen molar-refractivity contribution in [3.8, 4) is 16.9 Å². The molecule has 138 valence electrons. The van der Waals surface area contributed by atoms with Crippen LogP contribution < -0.4 is 4.74 Å². The van der Waals surface area contributed by atoms with Crippen molar-refractivity contribution in [2.75, 3.05) is 0 Å². The quantitative estimate of drug-likeness (QED) is 0.585. The van der Waals surface area contributed by atoms with Gasteiger partial charge in [0, 0.05) is 0 Å². The molecule has 0 N–H and O–H groups in total.